The van der Waals surface area contributed by atoms with Crippen molar-refractivity contribution >= 4 is 17.8 Å². The van der Waals surface area contributed by atoms with Gasteiger partial charge in [-0.2, -0.15) is 9.90 Å². The summed E-state index contributed by atoms with van der Waals surface area (Å²) in [4.78, 5) is 37.5. The van der Waals surface area contributed by atoms with Gasteiger partial charge in [0.15, 0.2) is 12.3 Å². The first kappa shape index (κ1) is 21.1. The lowest BCUT2D eigenvalue weighted by Crippen LogP contribution is -2.47. The molecule has 1 N–H and O–H groups in total. The molecule has 2 atom stereocenters. The fraction of sp³-hybridized carbons (Fsp3) is 0.421. The summed E-state index contributed by atoms with van der Waals surface area (Å²) in [5, 5.41) is 10.9. The third-order valence-corrected chi connectivity index (χ3v) is 4.28. The Hall–Kier alpha value is -3.23. The Morgan fingerprint density at radius 2 is 1.86 bits per heavy atom. The number of nitrogens with zero attached hydrogens (tertiary/aromatic N) is 3. The summed E-state index contributed by atoms with van der Waals surface area (Å²) in [5.74, 6) is -2.04. The Morgan fingerprint density at radius 1 is 1.18 bits per heavy atom. The predicted molar refractivity (Wildman–Crippen MR) is 99.8 cm³/mol. The standard InChI is InChI=1S/C19H24N4O5/c1-5-12(2)16(18(25)27-4)20-15(24)11-28-19(26)17-13(3)21-23(22-17)14-9-7-6-8-10-14/h6-10,12,16H,5,11H2,1-4H3,(H,20,24)/t12-,16-/m1/s1. The molecule has 1 aromatic carbocycles. The minimum absolute atomic E-state index is 0.0168. The summed E-state index contributed by atoms with van der Waals surface area (Å²) in [5.41, 5.74) is 1.08. The van der Waals surface area contributed by atoms with Gasteiger partial charge in [-0.25, -0.2) is 9.59 Å². The van der Waals surface area contributed by atoms with Crippen LogP contribution in [0, 0.1) is 12.8 Å². The molecule has 0 spiro atoms. The fourth-order valence-corrected chi connectivity index (χ4v) is 2.45. The van der Waals surface area contributed by atoms with E-state index in [9.17, 15) is 14.4 Å². The number of ether oxygens (including phenoxy) is 2. The van der Waals surface area contributed by atoms with E-state index < -0.39 is 30.5 Å². The summed E-state index contributed by atoms with van der Waals surface area (Å²) in [6.45, 7) is 4.80. The minimum atomic E-state index is -0.804. The second-order valence-corrected chi connectivity index (χ2v) is 6.29. The van der Waals surface area contributed by atoms with Crippen LogP contribution in [0.2, 0.25) is 0 Å². The lowest BCUT2D eigenvalue weighted by molar-refractivity contribution is -0.147. The van der Waals surface area contributed by atoms with Crippen molar-refractivity contribution in [3.63, 3.8) is 0 Å². The molecule has 28 heavy (non-hydrogen) atoms. The first-order chi connectivity index (χ1) is 13.4. The molecule has 9 nitrogen and oxygen atoms in total. The van der Waals surface area contributed by atoms with Gasteiger partial charge < -0.3 is 14.8 Å². The highest BCUT2D eigenvalue weighted by Crippen LogP contribution is 2.11. The van der Waals surface area contributed by atoms with Gasteiger partial charge in [-0.1, -0.05) is 38.5 Å². The van der Waals surface area contributed by atoms with Gasteiger partial charge in [-0.15, -0.1) is 5.10 Å². The molecule has 0 aliphatic heterocycles. The van der Waals surface area contributed by atoms with Crippen LogP contribution in [0.25, 0.3) is 5.69 Å². The molecule has 2 rings (SSSR count). The number of rotatable bonds is 8. The molecule has 0 fully saturated rings. The second-order valence-electron chi connectivity index (χ2n) is 6.29. The topological polar surface area (TPSA) is 112 Å². The maximum atomic E-state index is 12.3. The molecule has 0 unspecified atom stereocenters. The third kappa shape index (κ3) is 5.15. The van der Waals surface area contributed by atoms with Gasteiger partial charge in [-0.3, -0.25) is 4.79 Å². The average molecular weight is 388 g/mol. The summed E-state index contributed by atoms with van der Waals surface area (Å²) < 4.78 is 9.74. The Labute approximate surface area is 163 Å². The lowest BCUT2D eigenvalue weighted by Gasteiger charge is -2.21. The van der Waals surface area contributed by atoms with Crippen LogP contribution in [0.1, 0.15) is 36.5 Å². The highest BCUT2D eigenvalue weighted by atomic mass is 16.5. The summed E-state index contributed by atoms with van der Waals surface area (Å²) in [6, 6.07) is 8.29. The van der Waals surface area contributed by atoms with E-state index in [4.69, 9.17) is 9.47 Å². The van der Waals surface area contributed by atoms with Gasteiger partial charge in [0.1, 0.15) is 6.04 Å². The molecule has 1 amide bonds. The molecule has 9 heteroatoms. The predicted octanol–water partition coefficient (Wildman–Crippen LogP) is 1.44. The van der Waals surface area contributed by atoms with Crippen molar-refractivity contribution in [1.82, 2.24) is 20.3 Å². The summed E-state index contributed by atoms with van der Waals surface area (Å²) in [7, 11) is 1.25. The van der Waals surface area contributed by atoms with E-state index in [0.717, 1.165) is 0 Å². The van der Waals surface area contributed by atoms with Crippen molar-refractivity contribution in [3.8, 4) is 5.69 Å². The van der Waals surface area contributed by atoms with E-state index in [-0.39, 0.29) is 11.6 Å². The molecule has 1 heterocycles. The van der Waals surface area contributed by atoms with Crippen molar-refractivity contribution in [2.75, 3.05) is 13.7 Å². The first-order valence-corrected chi connectivity index (χ1v) is 8.91. The Bertz CT molecular complexity index is 834. The molecule has 0 saturated heterocycles. The number of carbonyl (C=O) groups is 3. The zero-order valence-corrected chi connectivity index (χ0v) is 16.3. The molecular formula is C19H24N4O5. The van der Waals surface area contributed by atoms with Crippen molar-refractivity contribution in [2.45, 2.75) is 33.2 Å². The number of nitrogens with one attached hydrogen (secondary N) is 1. The molecular weight excluding hydrogens is 364 g/mol. The van der Waals surface area contributed by atoms with E-state index in [1.807, 2.05) is 32.0 Å². The van der Waals surface area contributed by atoms with Gasteiger partial charge >= 0.3 is 11.9 Å². The zero-order valence-electron chi connectivity index (χ0n) is 16.3. The number of carbonyl (C=O) groups excluding carboxylic acids is 3. The number of hydrogen-bond donors (Lipinski definition) is 1. The molecule has 2 aromatic rings. The second kappa shape index (κ2) is 9.63. The van der Waals surface area contributed by atoms with Crippen LogP contribution in [0.3, 0.4) is 0 Å². The molecule has 0 radical (unpaired) electrons. The van der Waals surface area contributed by atoms with Gasteiger partial charge in [-0.05, 0) is 25.0 Å². The average Bonchev–Trinajstić information content (AvgIpc) is 3.11. The number of aryl methyl sites for hydroxylation is 1. The van der Waals surface area contributed by atoms with E-state index in [1.54, 1.807) is 19.1 Å². The van der Waals surface area contributed by atoms with E-state index >= 15 is 0 Å². The van der Waals surface area contributed by atoms with Crippen LogP contribution in [0.15, 0.2) is 30.3 Å². The number of hydrogen-bond acceptors (Lipinski definition) is 7. The third-order valence-electron chi connectivity index (χ3n) is 4.28. The zero-order chi connectivity index (χ0) is 20.7. The van der Waals surface area contributed by atoms with Crippen LogP contribution >= 0.6 is 0 Å². The number of methoxy groups -OCH3 is 1. The number of benzene rings is 1. The minimum Gasteiger partial charge on any atom is -0.467 e. The normalized spacial score (nSPS) is 12.7. The Kier molecular flexibility index (Phi) is 7.25. The molecule has 0 aliphatic rings. The van der Waals surface area contributed by atoms with Crippen LogP contribution in [-0.2, 0) is 19.1 Å². The van der Waals surface area contributed by atoms with Crippen molar-refractivity contribution in [1.29, 1.82) is 0 Å². The molecule has 0 bridgehead atoms. The monoisotopic (exact) mass is 388 g/mol. The Balaban J connectivity index is 1.99. The van der Waals surface area contributed by atoms with Crippen molar-refractivity contribution in [2.24, 2.45) is 5.92 Å². The molecule has 0 aliphatic carbocycles. The van der Waals surface area contributed by atoms with E-state index in [0.29, 0.717) is 17.8 Å². The number of para-hydroxylation sites is 1. The maximum absolute atomic E-state index is 12.3. The molecule has 0 saturated carbocycles. The quantitative estimate of drug-likeness (QED) is 0.681. The largest absolute Gasteiger partial charge is 0.467 e. The highest BCUT2D eigenvalue weighted by molar-refractivity contribution is 5.91. The summed E-state index contributed by atoms with van der Waals surface area (Å²) in [6.07, 6.45) is 0.668. The number of amides is 1. The fourth-order valence-electron chi connectivity index (χ4n) is 2.45. The lowest BCUT2D eigenvalue weighted by atomic mass is 9.99. The highest BCUT2D eigenvalue weighted by Gasteiger charge is 2.27. The SMILES string of the molecule is CC[C@@H](C)[C@@H](NC(=O)COC(=O)c1nn(-c2ccccc2)nc1C)C(=O)OC. The first-order valence-electron chi connectivity index (χ1n) is 8.91. The van der Waals surface area contributed by atoms with Crippen LogP contribution in [0.4, 0.5) is 0 Å². The smallest absolute Gasteiger partial charge is 0.361 e. The van der Waals surface area contributed by atoms with Crippen molar-refractivity contribution in [3.05, 3.63) is 41.7 Å². The molecule has 150 valence electrons. The van der Waals surface area contributed by atoms with Gasteiger partial charge in [0.25, 0.3) is 5.91 Å². The summed E-state index contributed by atoms with van der Waals surface area (Å²) >= 11 is 0. The van der Waals surface area contributed by atoms with E-state index in [1.165, 1.54) is 11.9 Å². The maximum Gasteiger partial charge on any atom is 0.361 e. The van der Waals surface area contributed by atoms with Gasteiger partial charge in [0.05, 0.1) is 18.5 Å². The van der Waals surface area contributed by atoms with E-state index in [2.05, 4.69) is 15.5 Å². The van der Waals surface area contributed by atoms with Gasteiger partial charge in [0, 0.05) is 0 Å². The van der Waals surface area contributed by atoms with Crippen LogP contribution < -0.4 is 5.32 Å². The van der Waals surface area contributed by atoms with Crippen LogP contribution in [0.5, 0.6) is 0 Å². The number of esters is 2. The van der Waals surface area contributed by atoms with Crippen molar-refractivity contribution < 1.29 is 23.9 Å². The van der Waals surface area contributed by atoms with Gasteiger partial charge in [0.2, 0.25) is 0 Å². The number of aromatic nitrogens is 3. The Morgan fingerprint density at radius 3 is 2.46 bits per heavy atom. The molecule has 1 aromatic heterocycles. The van der Waals surface area contributed by atoms with Crippen LogP contribution in [-0.4, -0.2) is 52.6 Å².